The van der Waals surface area contributed by atoms with Crippen molar-refractivity contribution in [2.75, 3.05) is 38.3 Å². The number of alkyl halides is 3. The fourth-order valence-electron chi connectivity index (χ4n) is 3.94. The molecule has 4 rings (SSSR count). The standard InChI is InChI=1S/C21H22F3N3O3/c1-26(19-16(21(22,23)24)7-3-9-25-19)14-5-4-10-27(13-14)20(28)15-6-2-8-17-18(15)30-12-11-29-17/h2-3,6-9,14H,4-5,10-13H2,1H3. The van der Waals surface area contributed by atoms with E-state index in [0.717, 1.165) is 6.07 Å². The third kappa shape index (κ3) is 3.88. The number of hydrogen-bond donors (Lipinski definition) is 0. The summed E-state index contributed by atoms with van der Waals surface area (Å²) < 4.78 is 51.4. The molecule has 2 aliphatic heterocycles. The summed E-state index contributed by atoms with van der Waals surface area (Å²) in [6.07, 6.45) is -1.80. The van der Waals surface area contributed by atoms with E-state index in [4.69, 9.17) is 9.47 Å². The van der Waals surface area contributed by atoms with E-state index in [1.54, 1.807) is 30.1 Å². The summed E-state index contributed by atoms with van der Waals surface area (Å²) in [7, 11) is 1.59. The fourth-order valence-corrected chi connectivity index (χ4v) is 3.94. The van der Waals surface area contributed by atoms with Crippen LogP contribution in [-0.2, 0) is 6.18 Å². The number of halogens is 3. The van der Waals surface area contributed by atoms with Crippen LogP contribution in [0.4, 0.5) is 19.0 Å². The number of piperidine rings is 1. The molecule has 1 fully saturated rings. The largest absolute Gasteiger partial charge is 0.486 e. The number of fused-ring (bicyclic) bond motifs is 1. The van der Waals surface area contributed by atoms with Gasteiger partial charge in [-0.1, -0.05) is 6.07 Å². The first-order chi connectivity index (χ1) is 14.4. The molecule has 9 heteroatoms. The van der Waals surface area contributed by atoms with Crippen molar-refractivity contribution >= 4 is 11.7 Å². The molecule has 1 aromatic heterocycles. The summed E-state index contributed by atoms with van der Waals surface area (Å²) in [6.45, 7) is 1.62. The number of rotatable bonds is 3. The molecule has 0 spiro atoms. The Morgan fingerprint density at radius 2 is 2.00 bits per heavy atom. The lowest BCUT2D eigenvalue weighted by Gasteiger charge is -2.39. The Kier molecular flexibility index (Phi) is 5.44. The van der Waals surface area contributed by atoms with Crippen molar-refractivity contribution in [2.45, 2.75) is 25.1 Å². The van der Waals surface area contributed by atoms with Crippen molar-refractivity contribution in [3.8, 4) is 11.5 Å². The maximum atomic E-state index is 13.4. The Labute approximate surface area is 172 Å². The third-order valence-electron chi connectivity index (χ3n) is 5.45. The quantitative estimate of drug-likeness (QED) is 0.758. The number of para-hydroxylation sites is 1. The summed E-state index contributed by atoms with van der Waals surface area (Å²) in [5.41, 5.74) is -0.372. The number of pyridine rings is 1. The Balaban J connectivity index is 1.55. The zero-order valence-electron chi connectivity index (χ0n) is 16.5. The minimum atomic E-state index is -4.50. The van der Waals surface area contributed by atoms with Crippen molar-refractivity contribution in [1.82, 2.24) is 9.88 Å². The van der Waals surface area contributed by atoms with Crippen molar-refractivity contribution in [3.05, 3.63) is 47.7 Å². The van der Waals surface area contributed by atoms with E-state index in [2.05, 4.69) is 4.98 Å². The van der Waals surface area contributed by atoms with Gasteiger partial charge in [0.1, 0.15) is 19.0 Å². The van der Waals surface area contributed by atoms with Gasteiger partial charge >= 0.3 is 6.18 Å². The van der Waals surface area contributed by atoms with E-state index in [1.165, 1.54) is 17.2 Å². The zero-order valence-corrected chi connectivity index (χ0v) is 16.5. The molecule has 1 amide bonds. The van der Waals surface area contributed by atoms with Crippen molar-refractivity contribution in [3.63, 3.8) is 0 Å². The molecule has 1 unspecified atom stereocenters. The second-order valence-corrected chi connectivity index (χ2v) is 7.36. The van der Waals surface area contributed by atoms with Gasteiger partial charge < -0.3 is 19.3 Å². The van der Waals surface area contributed by atoms with Crippen LogP contribution in [0.15, 0.2) is 36.5 Å². The van der Waals surface area contributed by atoms with Gasteiger partial charge in [-0.15, -0.1) is 0 Å². The van der Waals surface area contributed by atoms with Crippen molar-refractivity contribution < 1.29 is 27.4 Å². The van der Waals surface area contributed by atoms with Gasteiger partial charge in [-0.3, -0.25) is 4.79 Å². The van der Waals surface area contributed by atoms with Crippen LogP contribution >= 0.6 is 0 Å². The fraction of sp³-hybridized carbons (Fsp3) is 0.429. The first-order valence-electron chi connectivity index (χ1n) is 9.79. The molecule has 2 aliphatic rings. The number of carbonyl (C=O) groups excluding carboxylic acids is 1. The number of anilines is 1. The highest BCUT2D eigenvalue weighted by Gasteiger charge is 2.37. The molecular formula is C21H22F3N3O3. The summed E-state index contributed by atoms with van der Waals surface area (Å²) in [6, 6.07) is 7.19. The van der Waals surface area contributed by atoms with Crippen LogP contribution in [0, 0.1) is 0 Å². The van der Waals surface area contributed by atoms with Crippen LogP contribution in [0.3, 0.4) is 0 Å². The molecule has 1 atom stereocenters. The number of hydrogen-bond acceptors (Lipinski definition) is 5. The summed E-state index contributed by atoms with van der Waals surface area (Å²) in [5.74, 6) is 0.611. The first-order valence-corrected chi connectivity index (χ1v) is 9.79. The van der Waals surface area contributed by atoms with Gasteiger partial charge in [0.2, 0.25) is 0 Å². The topological polar surface area (TPSA) is 54.9 Å². The smallest absolute Gasteiger partial charge is 0.419 e. The molecular weight excluding hydrogens is 399 g/mol. The Morgan fingerprint density at radius 3 is 2.80 bits per heavy atom. The lowest BCUT2D eigenvalue weighted by Crippen LogP contribution is -2.49. The van der Waals surface area contributed by atoms with Crippen LogP contribution in [0.1, 0.15) is 28.8 Å². The maximum absolute atomic E-state index is 13.4. The predicted molar refractivity (Wildman–Crippen MR) is 104 cm³/mol. The van der Waals surface area contributed by atoms with Crippen molar-refractivity contribution in [1.29, 1.82) is 0 Å². The normalized spacial score (nSPS) is 18.8. The summed E-state index contributed by atoms with van der Waals surface area (Å²) in [4.78, 5) is 20.3. The zero-order chi connectivity index (χ0) is 21.3. The van der Waals surface area contributed by atoms with Crippen molar-refractivity contribution in [2.24, 2.45) is 0 Å². The lowest BCUT2D eigenvalue weighted by molar-refractivity contribution is -0.137. The molecule has 0 radical (unpaired) electrons. The number of carbonyl (C=O) groups is 1. The highest BCUT2D eigenvalue weighted by Crippen LogP contribution is 2.37. The van der Waals surface area contributed by atoms with E-state index in [-0.39, 0.29) is 17.8 Å². The van der Waals surface area contributed by atoms with Crippen LogP contribution in [0.25, 0.3) is 0 Å². The van der Waals surface area contributed by atoms with Crippen LogP contribution < -0.4 is 14.4 Å². The molecule has 2 aromatic rings. The molecule has 0 bridgehead atoms. The van der Waals surface area contributed by atoms with Crippen LogP contribution in [-0.4, -0.2) is 55.2 Å². The average Bonchev–Trinajstić information content (AvgIpc) is 2.77. The van der Waals surface area contributed by atoms with Crippen LogP contribution in [0.5, 0.6) is 11.5 Å². The van der Waals surface area contributed by atoms with E-state index in [1.807, 2.05) is 0 Å². The minimum absolute atomic E-state index is 0.127. The SMILES string of the molecule is CN(c1ncccc1C(F)(F)F)C1CCCN(C(=O)c2cccc3c2OCCO3)C1. The predicted octanol–water partition coefficient (Wildman–Crippen LogP) is 3.61. The maximum Gasteiger partial charge on any atom is 0.419 e. The lowest BCUT2D eigenvalue weighted by atomic mass is 10.0. The van der Waals surface area contributed by atoms with Gasteiger partial charge in [0, 0.05) is 32.4 Å². The number of likely N-dealkylation sites (tertiary alicyclic amines) is 1. The molecule has 0 N–H and O–H groups in total. The monoisotopic (exact) mass is 421 g/mol. The number of nitrogens with zero attached hydrogens (tertiary/aromatic N) is 3. The molecule has 6 nitrogen and oxygen atoms in total. The first kappa shape index (κ1) is 20.3. The minimum Gasteiger partial charge on any atom is -0.486 e. The molecule has 0 aliphatic carbocycles. The molecule has 1 saturated heterocycles. The highest BCUT2D eigenvalue weighted by atomic mass is 19.4. The third-order valence-corrected chi connectivity index (χ3v) is 5.45. The van der Waals surface area contributed by atoms with Crippen LogP contribution in [0.2, 0.25) is 0 Å². The second kappa shape index (κ2) is 8.04. The number of amides is 1. The van der Waals surface area contributed by atoms with Gasteiger partial charge in [0.15, 0.2) is 11.5 Å². The molecule has 1 aromatic carbocycles. The average molecular weight is 421 g/mol. The number of aromatic nitrogens is 1. The second-order valence-electron chi connectivity index (χ2n) is 7.36. The van der Waals surface area contributed by atoms with E-state index < -0.39 is 11.7 Å². The summed E-state index contributed by atoms with van der Waals surface area (Å²) >= 11 is 0. The number of benzene rings is 1. The van der Waals surface area contributed by atoms with E-state index in [0.29, 0.717) is 56.2 Å². The number of likely N-dealkylation sites (N-methyl/N-ethyl adjacent to an activating group) is 1. The molecule has 30 heavy (non-hydrogen) atoms. The molecule has 160 valence electrons. The van der Waals surface area contributed by atoms with Gasteiger partial charge in [-0.2, -0.15) is 13.2 Å². The van der Waals surface area contributed by atoms with Gasteiger partial charge in [-0.05, 0) is 37.1 Å². The van der Waals surface area contributed by atoms with Gasteiger partial charge in [0.25, 0.3) is 5.91 Å². The van der Waals surface area contributed by atoms with Gasteiger partial charge in [-0.25, -0.2) is 4.98 Å². The number of ether oxygens (including phenoxy) is 2. The van der Waals surface area contributed by atoms with E-state index in [9.17, 15) is 18.0 Å². The Bertz CT molecular complexity index is 935. The molecule has 3 heterocycles. The van der Waals surface area contributed by atoms with E-state index >= 15 is 0 Å². The Morgan fingerprint density at radius 1 is 1.20 bits per heavy atom. The van der Waals surface area contributed by atoms with Gasteiger partial charge in [0.05, 0.1) is 11.1 Å². The summed E-state index contributed by atoms with van der Waals surface area (Å²) in [5, 5.41) is 0. The molecule has 0 saturated carbocycles. The highest BCUT2D eigenvalue weighted by molar-refractivity contribution is 5.98. The Hall–Kier alpha value is -2.97.